The van der Waals surface area contributed by atoms with Crippen LogP contribution in [0.2, 0.25) is 0 Å². The molecule has 0 fully saturated rings. The molecule has 1 atom stereocenters. The smallest absolute Gasteiger partial charge is 0.189 e. The van der Waals surface area contributed by atoms with Crippen molar-refractivity contribution in [3.63, 3.8) is 0 Å². The zero-order valence-electron chi connectivity index (χ0n) is 12.3. The molecule has 0 saturated heterocycles. The number of ether oxygens (including phenoxy) is 1. The van der Waals surface area contributed by atoms with E-state index in [0.717, 1.165) is 16.9 Å². The quantitative estimate of drug-likeness (QED) is 0.264. The van der Waals surface area contributed by atoms with Crippen LogP contribution in [-0.4, -0.2) is 24.5 Å². The van der Waals surface area contributed by atoms with Gasteiger partial charge in [-0.25, -0.2) is 0 Å². The molecule has 0 amide bonds. The van der Waals surface area contributed by atoms with Crippen LogP contribution in [0.5, 0.6) is 5.75 Å². The number of nitrogens with zero attached hydrogens (tertiary/aromatic N) is 1. The molecule has 1 radical (unpaired) electrons. The summed E-state index contributed by atoms with van der Waals surface area (Å²) in [6, 6.07) is 6.97. The zero-order valence-corrected chi connectivity index (χ0v) is 19.1. The first-order valence-corrected chi connectivity index (χ1v) is 11.2. The fraction of sp³-hybridized carbons (Fsp3) is 0.214. The number of pyridine rings is 1. The van der Waals surface area contributed by atoms with E-state index in [9.17, 15) is 4.79 Å². The van der Waals surface area contributed by atoms with Crippen molar-refractivity contribution in [2.75, 3.05) is 19.5 Å². The number of aromatic nitrogens is 1. The maximum absolute atomic E-state index is 12.0. The van der Waals surface area contributed by atoms with Crippen molar-refractivity contribution < 1.29 is 42.0 Å². The van der Waals surface area contributed by atoms with E-state index in [2.05, 4.69) is 45.0 Å². The van der Waals surface area contributed by atoms with E-state index < -0.39 is 0 Å². The van der Waals surface area contributed by atoms with Gasteiger partial charge in [0.2, 0.25) is 0 Å². The Hall–Kier alpha value is 0.344. The second kappa shape index (κ2) is 11.1. The van der Waals surface area contributed by atoms with E-state index in [1.165, 1.54) is 0 Å². The van der Waals surface area contributed by atoms with Gasteiger partial charge in [0.15, 0.2) is 5.43 Å². The Kier molecular flexibility index (Phi) is 10.3. The summed E-state index contributed by atoms with van der Waals surface area (Å²) in [4.78, 5) is 15.2. The van der Waals surface area contributed by atoms with Gasteiger partial charge in [-0.2, -0.15) is 12.5 Å². The van der Waals surface area contributed by atoms with E-state index in [-0.39, 0.29) is 38.1 Å². The molecule has 121 valence electrons. The maximum atomic E-state index is 12.0. The van der Waals surface area contributed by atoms with Crippen LogP contribution in [0.1, 0.15) is 5.69 Å². The second-order valence-corrected chi connectivity index (χ2v) is 5.94. The Morgan fingerprint density at radius 2 is 2.04 bits per heavy atom. The third-order valence-electron chi connectivity index (χ3n) is 2.84. The number of hydrogen-bond acceptors (Lipinski definition) is 4. The van der Waals surface area contributed by atoms with Gasteiger partial charge >= 0.3 is 0 Å². The van der Waals surface area contributed by atoms with E-state index in [4.69, 9.17) is 9.26 Å². The molecule has 1 N–H and O–H groups in total. The molecule has 1 aliphatic heterocycles. The van der Waals surface area contributed by atoms with Crippen LogP contribution < -0.4 is 10.2 Å². The normalized spacial score (nSPS) is 12.0. The van der Waals surface area contributed by atoms with Crippen molar-refractivity contribution in [1.29, 1.82) is 0 Å². The molecule has 23 heavy (non-hydrogen) atoms. The van der Waals surface area contributed by atoms with Gasteiger partial charge in [0.1, 0.15) is 12.4 Å². The summed E-state index contributed by atoms with van der Waals surface area (Å²) in [7, 11) is 0. The van der Waals surface area contributed by atoms with E-state index >= 15 is 0 Å². The topological polar surface area (TPSA) is 65.4 Å². The summed E-state index contributed by atoms with van der Waals surface area (Å²) in [5.41, 5.74) is 2.31. The molecule has 9 heteroatoms. The average Bonchev–Trinajstić information content (AvgIpc) is 3.38. The molecule has 1 aromatic heterocycles. The number of nitrogens with one attached hydrogen (secondary N) is 1. The minimum atomic E-state index is -0.0160. The van der Waals surface area contributed by atoms with Gasteiger partial charge in [-0.1, -0.05) is 0 Å². The van der Waals surface area contributed by atoms with Gasteiger partial charge < -0.3 is 32.2 Å². The molecule has 5 nitrogen and oxygen atoms in total. The molecular formula is C14H14IN2O3PSY-2. The largest absolute Gasteiger partial charge is 0.796 e. The van der Waals surface area contributed by atoms with Gasteiger partial charge in [0, 0.05) is 55.9 Å². The van der Waals surface area contributed by atoms with Crippen molar-refractivity contribution >= 4 is 57.7 Å². The van der Waals surface area contributed by atoms with E-state index in [1.807, 2.05) is 6.07 Å². The Bertz CT molecular complexity index is 742. The molecular weight excluding hydrogens is 523 g/mol. The molecule has 0 bridgehead atoms. The summed E-state index contributed by atoms with van der Waals surface area (Å²) in [5, 5.41) is 4.63. The van der Waals surface area contributed by atoms with Gasteiger partial charge in [-0.3, -0.25) is 4.79 Å². The average molecular weight is 537 g/mol. The first-order chi connectivity index (χ1) is 10.8. The van der Waals surface area contributed by atoms with E-state index in [1.54, 1.807) is 30.7 Å². The number of halogens is 1. The first kappa shape index (κ1) is 21.4. The molecule has 1 aromatic carbocycles. The molecule has 3 rings (SSSR count). The molecule has 1 aliphatic rings. The second-order valence-electron chi connectivity index (χ2n) is 4.17. The van der Waals surface area contributed by atoms with Crippen molar-refractivity contribution in [3.05, 3.63) is 51.7 Å². The Morgan fingerprint density at radius 3 is 2.70 bits per heavy atom. The van der Waals surface area contributed by atoms with E-state index in [0.29, 0.717) is 30.8 Å². The molecule has 0 spiro atoms. The van der Waals surface area contributed by atoms with Crippen LogP contribution in [0.4, 0.5) is 0 Å². The van der Waals surface area contributed by atoms with Crippen LogP contribution in [0.3, 0.4) is 0 Å². The van der Waals surface area contributed by atoms with Crippen molar-refractivity contribution in [3.8, 4) is 5.75 Å². The zero-order chi connectivity index (χ0) is 15.9. The van der Waals surface area contributed by atoms with Crippen molar-refractivity contribution in [2.24, 2.45) is 0 Å². The van der Waals surface area contributed by atoms with Crippen molar-refractivity contribution in [2.45, 2.75) is 0 Å². The van der Waals surface area contributed by atoms with Crippen LogP contribution >= 0.6 is 28.5 Å². The Morgan fingerprint density at radius 1 is 1.30 bits per heavy atom. The van der Waals surface area contributed by atoms with Gasteiger partial charge in [0.25, 0.3) is 0 Å². The van der Waals surface area contributed by atoms with Gasteiger partial charge in [-0.05, 0) is 34.2 Å². The fourth-order valence-electron chi connectivity index (χ4n) is 1.87. The minimum absolute atomic E-state index is 0. The van der Waals surface area contributed by atoms with Crippen LogP contribution in [0.15, 0.2) is 35.3 Å². The third kappa shape index (κ3) is 6.29. The molecule has 2 aromatic rings. The molecule has 0 saturated carbocycles. The summed E-state index contributed by atoms with van der Waals surface area (Å²) >= 11 is 6.25. The third-order valence-corrected chi connectivity index (χ3v) is 4.09. The molecule has 2 heterocycles. The van der Waals surface area contributed by atoms with Crippen LogP contribution in [0.25, 0.3) is 21.9 Å². The fourth-order valence-corrected chi connectivity index (χ4v) is 2.69. The Balaban J connectivity index is 0.000000849. The van der Waals surface area contributed by atoms with Gasteiger partial charge in [-0.15, -0.1) is 5.70 Å². The minimum Gasteiger partial charge on any atom is -0.796 e. The number of rotatable bonds is 6. The monoisotopic (exact) mass is 537 g/mol. The maximum Gasteiger partial charge on any atom is 0.189 e. The first-order valence-electron chi connectivity index (χ1n) is 6.37. The number of aromatic amines is 1. The molecule has 1 unspecified atom stereocenters. The van der Waals surface area contributed by atoms with Crippen molar-refractivity contribution in [1.82, 2.24) is 4.98 Å². The number of H-pyrrole nitrogens is 1. The van der Waals surface area contributed by atoms with Gasteiger partial charge in [0.05, 0.1) is 18.6 Å². The summed E-state index contributed by atoms with van der Waals surface area (Å²) in [6.45, 7) is 1.49. The number of fused-ring (bicyclic) bond motifs is 1. The molecule has 0 aliphatic carbocycles. The van der Waals surface area contributed by atoms with Crippen LogP contribution in [-0.2, 0) is 49.9 Å². The summed E-state index contributed by atoms with van der Waals surface area (Å²) in [6.07, 6.45) is 3.31. The van der Waals surface area contributed by atoms with Crippen LogP contribution in [0, 0.1) is 0 Å². The summed E-state index contributed by atoms with van der Waals surface area (Å²) < 4.78 is 10.8. The predicted octanol–water partition coefficient (Wildman–Crippen LogP) is 3.71. The number of hydrogen-bond donors (Lipinski definition) is 1. The summed E-state index contributed by atoms with van der Waals surface area (Å²) in [5.74, 6) is 0.715. The SMILES string of the molecule is C[S-].O=c1cc(C2=C[N-]2)[nH]c2cc(OCCOPI)ccc12.[Y]. The Labute approximate surface area is 180 Å². The standard InChI is InChI=1S/C13H12IN2O3P.CH4S.Y/c14-20-19-4-3-18-8-1-2-9-10(5-8)16-11(6-13(9)17)12-7-15-12;1-2;/h1-2,5-7,20H,3-4H2,(H2,15,16,17);2H,1H3;/p-2. The predicted molar refractivity (Wildman–Crippen MR) is 103 cm³/mol. The number of benzene rings is 1.